The fourth-order valence-corrected chi connectivity index (χ4v) is 2.24. The number of hydrogen-bond donors (Lipinski definition) is 0. The lowest BCUT2D eigenvalue weighted by Gasteiger charge is -2.05. The summed E-state index contributed by atoms with van der Waals surface area (Å²) < 4.78 is 10.6. The van der Waals surface area contributed by atoms with E-state index < -0.39 is 0 Å². The Kier molecular flexibility index (Phi) is 2.16. The maximum Gasteiger partial charge on any atom is 0.232 e. The quantitative estimate of drug-likeness (QED) is 0.714. The van der Waals surface area contributed by atoms with Crippen molar-refractivity contribution in [2.24, 2.45) is 0 Å². The van der Waals surface area contributed by atoms with Crippen LogP contribution in [0.15, 0.2) is 0 Å². The first-order valence-electron chi connectivity index (χ1n) is 4.43. The van der Waals surface area contributed by atoms with E-state index in [2.05, 4.69) is 11.9 Å². The van der Waals surface area contributed by atoms with Crippen molar-refractivity contribution in [1.29, 1.82) is 0 Å². The Morgan fingerprint density at radius 3 is 2.64 bits per heavy atom. The van der Waals surface area contributed by atoms with Crippen LogP contribution in [0, 0.1) is 0 Å². The number of methoxy groups -OCH3 is 1. The molecule has 0 spiro atoms. The highest BCUT2D eigenvalue weighted by Crippen LogP contribution is 2.47. The van der Waals surface area contributed by atoms with Gasteiger partial charge in [0, 0.05) is 14.1 Å². The molecular formula is C9H14N2O2S. The van der Waals surface area contributed by atoms with Gasteiger partial charge in [-0.25, -0.2) is 0 Å². The molecule has 5 heteroatoms. The monoisotopic (exact) mass is 214 g/mol. The molecule has 1 aromatic rings. The van der Waals surface area contributed by atoms with E-state index in [0.29, 0.717) is 5.88 Å². The van der Waals surface area contributed by atoms with Crippen LogP contribution >= 0.6 is 11.3 Å². The van der Waals surface area contributed by atoms with E-state index in [-0.39, 0.29) is 5.60 Å². The van der Waals surface area contributed by atoms with Gasteiger partial charge in [0.15, 0.2) is 5.13 Å². The lowest BCUT2D eigenvalue weighted by Crippen LogP contribution is -2.07. The summed E-state index contributed by atoms with van der Waals surface area (Å²) in [5.74, 6) is 0.693. The number of epoxide rings is 1. The van der Waals surface area contributed by atoms with Crippen LogP contribution in [0.2, 0.25) is 0 Å². The van der Waals surface area contributed by atoms with E-state index in [0.717, 1.165) is 16.6 Å². The Labute approximate surface area is 87.5 Å². The van der Waals surface area contributed by atoms with E-state index in [1.54, 1.807) is 18.4 Å². The van der Waals surface area contributed by atoms with Crippen LogP contribution in [0.1, 0.15) is 11.8 Å². The molecular weight excluding hydrogens is 200 g/mol. The molecule has 1 unspecified atom stereocenters. The normalized spacial score (nSPS) is 24.9. The molecule has 0 saturated carbocycles. The van der Waals surface area contributed by atoms with E-state index >= 15 is 0 Å². The van der Waals surface area contributed by atoms with Crippen LogP contribution < -0.4 is 9.64 Å². The van der Waals surface area contributed by atoms with Crippen LogP contribution in [-0.4, -0.2) is 32.8 Å². The number of nitrogens with zero attached hydrogens (tertiary/aromatic N) is 2. The molecule has 0 aromatic carbocycles. The third-order valence-electron chi connectivity index (χ3n) is 2.22. The Morgan fingerprint density at radius 1 is 1.57 bits per heavy atom. The largest absolute Gasteiger partial charge is 0.480 e. The van der Waals surface area contributed by atoms with Gasteiger partial charge in [-0.05, 0) is 6.92 Å². The summed E-state index contributed by atoms with van der Waals surface area (Å²) >= 11 is 1.63. The molecule has 0 amide bonds. The van der Waals surface area contributed by atoms with Gasteiger partial charge < -0.3 is 14.4 Å². The van der Waals surface area contributed by atoms with Crippen molar-refractivity contribution in [3.8, 4) is 5.88 Å². The molecule has 0 bridgehead atoms. The van der Waals surface area contributed by atoms with Gasteiger partial charge in [-0.15, -0.1) is 0 Å². The standard InChI is InChI=1S/C9H14N2O2S/c1-9(5-13-9)6-7(12-4)10-8(14-6)11(2)3/h5H2,1-4H3. The molecule has 0 aliphatic carbocycles. The van der Waals surface area contributed by atoms with Crippen molar-refractivity contribution in [3.05, 3.63) is 4.88 Å². The lowest BCUT2D eigenvalue weighted by molar-refractivity contribution is 0.318. The highest BCUT2D eigenvalue weighted by Gasteiger charge is 2.46. The van der Waals surface area contributed by atoms with Gasteiger partial charge >= 0.3 is 0 Å². The van der Waals surface area contributed by atoms with Crippen LogP contribution in [0.5, 0.6) is 5.88 Å². The van der Waals surface area contributed by atoms with Gasteiger partial charge in [-0.1, -0.05) is 11.3 Å². The number of ether oxygens (including phenoxy) is 2. The second-order valence-electron chi connectivity index (χ2n) is 3.75. The number of aromatic nitrogens is 1. The zero-order valence-electron chi connectivity index (χ0n) is 8.83. The summed E-state index contributed by atoms with van der Waals surface area (Å²) in [6.07, 6.45) is 0. The lowest BCUT2D eigenvalue weighted by atomic mass is 10.2. The van der Waals surface area contributed by atoms with Crippen LogP contribution in [0.4, 0.5) is 5.13 Å². The Bertz CT molecular complexity index is 345. The maximum atomic E-state index is 5.39. The minimum Gasteiger partial charge on any atom is -0.480 e. The minimum absolute atomic E-state index is 0.155. The molecule has 0 N–H and O–H groups in total. The molecule has 0 radical (unpaired) electrons. The first-order valence-corrected chi connectivity index (χ1v) is 5.25. The molecule has 1 aromatic heterocycles. The molecule has 1 saturated heterocycles. The predicted molar refractivity (Wildman–Crippen MR) is 56.3 cm³/mol. The highest BCUT2D eigenvalue weighted by atomic mass is 32.1. The molecule has 1 aliphatic heterocycles. The van der Waals surface area contributed by atoms with Crippen molar-refractivity contribution >= 4 is 16.5 Å². The first kappa shape index (κ1) is 9.73. The zero-order valence-corrected chi connectivity index (χ0v) is 9.64. The van der Waals surface area contributed by atoms with E-state index in [9.17, 15) is 0 Å². The minimum atomic E-state index is -0.155. The van der Waals surface area contributed by atoms with E-state index in [4.69, 9.17) is 9.47 Å². The van der Waals surface area contributed by atoms with Crippen molar-refractivity contribution in [2.45, 2.75) is 12.5 Å². The third kappa shape index (κ3) is 1.46. The molecule has 2 rings (SSSR count). The van der Waals surface area contributed by atoms with Crippen LogP contribution in [-0.2, 0) is 10.3 Å². The number of rotatable bonds is 3. The van der Waals surface area contributed by atoms with E-state index in [1.807, 2.05) is 19.0 Å². The molecule has 1 fully saturated rings. The van der Waals surface area contributed by atoms with Crippen molar-refractivity contribution in [1.82, 2.24) is 4.98 Å². The molecule has 4 nitrogen and oxygen atoms in total. The fourth-order valence-electron chi connectivity index (χ4n) is 1.20. The van der Waals surface area contributed by atoms with Gasteiger partial charge in [0.05, 0.1) is 13.7 Å². The molecule has 1 atom stereocenters. The summed E-state index contributed by atoms with van der Waals surface area (Å²) in [5, 5.41) is 0.952. The summed E-state index contributed by atoms with van der Waals surface area (Å²) in [5.41, 5.74) is -0.155. The zero-order chi connectivity index (χ0) is 10.3. The summed E-state index contributed by atoms with van der Waals surface area (Å²) in [6.45, 7) is 2.82. The SMILES string of the molecule is COc1nc(N(C)C)sc1C1(C)CO1. The van der Waals surface area contributed by atoms with Gasteiger partial charge in [0.1, 0.15) is 10.5 Å². The second-order valence-corrected chi connectivity index (χ2v) is 4.73. The molecule has 14 heavy (non-hydrogen) atoms. The van der Waals surface area contributed by atoms with Crippen molar-refractivity contribution < 1.29 is 9.47 Å². The van der Waals surface area contributed by atoms with Gasteiger partial charge in [0.25, 0.3) is 0 Å². The Hall–Kier alpha value is -0.810. The number of thiazole rings is 1. The molecule has 1 aliphatic rings. The first-order chi connectivity index (χ1) is 6.57. The topological polar surface area (TPSA) is 37.9 Å². The molecule has 78 valence electrons. The van der Waals surface area contributed by atoms with Crippen LogP contribution in [0.25, 0.3) is 0 Å². The smallest absolute Gasteiger partial charge is 0.232 e. The van der Waals surface area contributed by atoms with Crippen LogP contribution in [0.3, 0.4) is 0 Å². The summed E-state index contributed by atoms with van der Waals surface area (Å²) in [6, 6.07) is 0. The predicted octanol–water partition coefficient (Wildman–Crippen LogP) is 1.46. The van der Waals surface area contributed by atoms with Gasteiger partial charge in [-0.3, -0.25) is 0 Å². The number of hydrogen-bond acceptors (Lipinski definition) is 5. The number of anilines is 1. The van der Waals surface area contributed by atoms with Gasteiger partial charge in [0.2, 0.25) is 5.88 Å². The average Bonchev–Trinajstić information content (AvgIpc) is 2.74. The van der Waals surface area contributed by atoms with E-state index in [1.165, 1.54) is 0 Å². The van der Waals surface area contributed by atoms with Crippen molar-refractivity contribution in [2.75, 3.05) is 32.7 Å². The second kappa shape index (κ2) is 3.10. The van der Waals surface area contributed by atoms with Crippen molar-refractivity contribution in [3.63, 3.8) is 0 Å². The fraction of sp³-hybridized carbons (Fsp3) is 0.667. The Morgan fingerprint density at radius 2 is 2.21 bits per heavy atom. The summed E-state index contributed by atoms with van der Waals surface area (Å²) in [7, 11) is 5.58. The Balaban J connectivity index is 2.38. The highest BCUT2D eigenvalue weighted by molar-refractivity contribution is 7.16. The summed E-state index contributed by atoms with van der Waals surface area (Å²) in [4.78, 5) is 7.44. The molecule has 2 heterocycles. The maximum absolute atomic E-state index is 5.39. The average molecular weight is 214 g/mol. The van der Waals surface area contributed by atoms with Gasteiger partial charge in [-0.2, -0.15) is 4.98 Å². The third-order valence-corrected chi connectivity index (χ3v) is 3.67.